The lowest BCUT2D eigenvalue weighted by molar-refractivity contribution is 0.641. The molecule has 2 aromatic rings. The zero-order valence-electron chi connectivity index (χ0n) is 10.7. The molecule has 5 heteroatoms. The number of rotatable bonds is 5. The van der Waals surface area contributed by atoms with Crippen LogP contribution in [0.25, 0.3) is 0 Å². The van der Waals surface area contributed by atoms with Crippen molar-refractivity contribution in [2.75, 3.05) is 0 Å². The van der Waals surface area contributed by atoms with Gasteiger partial charge in [0, 0.05) is 28.4 Å². The van der Waals surface area contributed by atoms with Gasteiger partial charge in [-0.05, 0) is 30.5 Å². The van der Waals surface area contributed by atoms with Crippen molar-refractivity contribution in [2.24, 2.45) is 5.73 Å². The van der Waals surface area contributed by atoms with Crippen LogP contribution in [0.3, 0.4) is 0 Å². The summed E-state index contributed by atoms with van der Waals surface area (Å²) in [5.74, 6) is 0. The van der Waals surface area contributed by atoms with Gasteiger partial charge >= 0.3 is 0 Å². The molecule has 1 aromatic carbocycles. The predicted octanol–water partition coefficient (Wildman–Crippen LogP) is 3.56. The van der Waals surface area contributed by atoms with E-state index in [1.54, 1.807) is 30.4 Å². The molecule has 2 rings (SSSR count). The van der Waals surface area contributed by atoms with Gasteiger partial charge in [0.15, 0.2) is 0 Å². The standard InChI is InChI=1S/C14H16ClN3S/c1-2-12(16)7-10-3-4-11(15)8-13(10)19-14-9-17-5-6-18-14/h3-6,8-9,12H,2,7,16H2,1H3. The molecule has 0 aliphatic rings. The topological polar surface area (TPSA) is 51.8 Å². The fraction of sp³-hybridized carbons (Fsp3) is 0.286. The van der Waals surface area contributed by atoms with Gasteiger partial charge in [-0.25, -0.2) is 4.98 Å². The van der Waals surface area contributed by atoms with Crippen molar-refractivity contribution in [3.63, 3.8) is 0 Å². The first-order valence-electron chi connectivity index (χ1n) is 6.17. The molecule has 0 amide bonds. The minimum atomic E-state index is 0.169. The molecule has 0 saturated carbocycles. The van der Waals surface area contributed by atoms with Crippen LogP contribution in [0.2, 0.25) is 5.02 Å². The van der Waals surface area contributed by atoms with E-state index in [2.05, 4.69) is 16.9 Å². The second-order valence-electron chi connectivity index (χ2n) is 4.27. The number of benzene rings is 1. The van der Waals surface area contributed by atoms with E-state index in [1.165, 1.54) is 5.56 Å². The van der Waals surface area contributed by atoms with Gasteiger partial charge < -0.3 is 5.73 Å². The third kappa shape index (κ3) is 4.20. The lowest BCUT2D eigenvalue weighted by Gasteiger charge is -2.13. The summed E-state index contributed by atoms with van der Waals surface area (Å²) < 4.78 is 0. The van der Waals surface area contributed by atoms with E-state index >= 15 is 0 Å². The Morgan fingerprint density at radius 3 is 2.89 bits per heavy atom. The van der Waals surface area contributed by atoms with Gasteiger partial charge in [0.1, 0.15) is 5.03 Å². The van der Waals surface area contributed by atoms with E-state index in [4.69, 9.17) is 17.3 Å². The van der Waals surface area contributed by atoms with Crippen LogP contribution in [-0.4, -0.2) is 16.0 Å². The van der Waals surface area contributed by atoms with Crippen molar-refractivity contribution < 1.29 is 0 Å². The molecule has 0 radical (unpaired) electrons. The molecule has 19 heavy (non-hydrogen) atoms. The highest BCUT2D eigenvalue weighted by Gasteiger charge is 2.09. The third-order valence-corrected chi connectivity index (χ3v) is 4.04. The normalized spacial score (nSPS) is 12.4. The summed E-state index contributed by atoms with van der Waals surface area (Å²) in [5.41, 5.74) is 7.24. The first kappa shape index (κ1) is 14.3. The molecular weight excluding hydrogens is 278 g/mol. The van der Waals surface area contributed by atoms with Crippen LogP contribution >= 0.6 is 23.4 Å². The molecule has 0 spiro atoms. The van der Waals surface area contributed by atoms with Crippen molar-refractivity contribution in [1.82, 2.24) is 9.97 Å². The van der Waals surface area contributed by atoms with Crippen LogP contribution in [0.4, 0.5) is 0 Å². The second-order valence-corrected chi connectivity index (χ2v) is 5.77. The third-order valence-electron chi connectivity index (χ3n) is 2.79. The summed E-state index contributed by atoms with van der Waals surface area (Å²) in [6.45, 7) is 2.09. The van der Waals surface area contributed by atoms with E-state index in [-0.39, 0.29) is 6.04 Å². The molecule has 100 valence electrons. The van der Waals surface area contributed by atoms with Gasteiger partial charge in [0.25, 0.3) is 0 Å². The molecule has 3 nitrogen and oxygen atoms in total. The number of halogens is 1. The van der Waals surface area contributed by atoms with Crippen LogP contribution < -0.4 is 5.73 Å². The Bertz CT molecular complexity index is 533. The summed E-state index contributed by atoms with van der Waals surface area (Å²) >= 11 is 7.64. The Kier molecular flexibility index (Phi) is 5.19. The van der Waals surface area contributed by atoms with Gasteiger partial charge in [0.05, 0.1) is 6.20 Å². The quantitative estimate of drug-likeness (QED) is 0.916. The molecule has 2 N–H and O–H groups in total. The van der Waals surface area contributed by atoms with Gasteiger partial charge in [0.2, 0.25) is 0 Å². The number of nitrogens with zero attached hydrogens (tertiary/aromatic N) is 2. The maximum absolute atomic E-state index is 6.07. The zero-order chi connectivity index (χ0) is 13.7. The van der Waals surface area contributed by atoms with Crippen LogP contribution in [0.5, 0.6) is 0 Å². The summed E-state index contributed by atoms with van der Waals surface area (Å²) in [6.07, 6.45) is 6.89. The highest BCUT2D eigenvalue weighted by molar-refractivity contribution is 7.99. The number of hydrogen-bond acceptors (Lipinski definition) is 4. The van der Waals surface area contributed by atoms with Gasteiger partial charge in [-0.3, -0.25) is 4.98 Å². The Labute approximate surface area is 122 Å². The highest BCUT2D eigenvalue weighted by Crippen LogP contribution is 2.31. The zero-order valence-corrected chi connectivity index (χ0v) is 12.3. The average Bonchev–Trinajstić information content (AvgIpc) is 2.43. The number of nitrogens with two attached hydrogens (primary N) is 1. The predicted molar refractivity (Wildman–Crippen MR) is 79.6 cm³/mol. The van der Waals surface area contributed by atoms with Gasteiger partial charge in [-0.2, -0.15) is 0 Å². The SMILES string of the molecule is CCC(N)Cc1ccc(Cl)cc1Sc1cnccn1. The monoisotopic (exact) mass is 293 g/mol. The average molecular weight is 294 g/mol. The van der Waals surface area contributed by atoms with Crippen molar-refractivity contribution in [1.29, 1.82) is 0 Å². The minimum absolute atomic E-state index is 0.169. The smallest absolute Gasteiger partial charge is 0.119 e. The lowest BCUT2D eigenvalue weighted by atomic mass is 10.1. The highest BCUT2D eigenvalue weighted by atomic mass is 35.5. The van der Waals surface area contributed by atoms with Crippen LogP contribution in [0.15, 0.2) is 46.7 Å². The van der Waals surface area contributed by atoms with E-state index < -0.39 is 0 Å². The van der Waals surface area contributed by atoms with E-state index in [1.807, 2.05) is 18.2 Å². The molecule has 0 bridgehead atoms. The number of aromatic nitrogens is 2. The first-order chi connectivity index (χ1) is 9.19. The van der Waals surface area contributed by atoms with E-state index in [9.17, 15) is 0 Å². The molecule has 0 saturated heterocycles. The molecule has 0 fully saturated rings. The summed E-state index contributed by atoms with van der Waals surface area (Å²) in [4.78, 5) is 9.43. The van der Waals surface area contributed by atoms with Crippen LogP contribution in [-0.2, 0) is 6.42 Å². The van der Waals surface area contributed by atoms with Crippen molar-refractivity contribution >= 4 is 23.4 Å². The van der Waals surface area contributed by atoms with E-state index in [0.29, 0.717) is 0 Å². The Morgan fingerprint density at radius 1 is 1.37 bits per heavy atom. The van der Waals surface area contributed by atoms with Gasteiger partial charge in [-0.1, -0.05) is 36.4 Å². The van der Waals surface area contributed by atoms with E-state index in [0.717, 1.165) is 27.8 Å². The van der Waals surface area contributed by atoms with Crippen molar-refractivity contribution in [3.8, 4) is 0 Å². The molecule has 0 aliphatic carbocycles. The first-order valence-corrected chi connectivity index (χ1v) is 7.36. The fourth-order valence-corrected chi connectivity index (χ4v) is 2.83. The Morgan fingerprint density at radius 2 is 2.21 bits per heavy atom. The number of hydrogen-bond donors (Lipinski definition) is 1. The van der Waals surface area contributed by atoms with Crippen LogP contribution in [0.1, 0.15) is 18.9 Å². The second kappa shape index (κ2) is 6.89. The van der Waals surface area contributed by atoms with Gasteiger partial charge in [-0.15, -0.1) is 0 Å². The molecule has 1 atom stereocenters. The maximum Gasteiger partial charge on any atom is 0.119 e. The molecule has 1 heterocycles. The minimum Gasteiger partial charge on any atom is -0.327 e. The summed E-state index contributed by atoms with van der Waals surface area (Å²) in [6, 6.07) is 6.07. The Balaban J connectivity index is 2.24. The molecular formula is C14H16ClN3S. The Hall–Kier alpha value is -1.10. The summed E-state index contributed by atoms with van der Waals surface area (Å²) in [7, 11) is 0. The van der Waals surface area contributed by atoms with Crippen molar-refractivity contribution in [3.05, 3.63) is 47.4 Å². The fourth-order valence-electron chi connectivity index (χ4n) is 1.67. The molecule has 0 aliphatic heterocycles. The summed E-state index contributed by atoms with van der Waals surface area (Å²) in [5, 5.41) is 1.58. The van der Waals surface area contributed by atoms with Crippen molar-refractivity contribution in [2.45, 2.75) is 35.7 Å². The van der Waals surface area contributed by atoms with Crippen LogP contribution in [0, 0.1) is 0 Å². The maximum atomic E-state index is 6.07. The molecule has 1 aromatic heterocycles. The lowest BCUT2D eigenvalue weighted by Crippen LogP contribution is -2.21. The molecule has 1 unspecified atom stereocenters. The largest absolute Gasteiger partial charge is 0.327 e.